The van der Waals surface area contributed by atoms with E-state index in [9.17, 15) is 0 Å². The summed E-state index contributed by atoms with van der Waals surface area (Å²) in [5, 5.41) is 3.45. The Balaban J connectivity index is 1.89. The first-order valence-corrected chi connectivity index (χ1v) is 3.36. The Morgan fingerprint density at radius 3 is 2.75 bits per heavy atom. The highest BCUT2D eigenvalue weighted by atomic mass is 15.1. The normalized spacial score (nSPS) is 51.4. The summed E-state index contributed by atoms with van der Waals surface area (Å²) in [4.78, 5) is 0. The highest BCUT2D eigenvalue weighted by molar-refractivity contribution is 5.03. The van der Waals surface area contributed by atoms with E-state index in [1.54, 1.807) is 0 Å². The maximum absolute atomic E-state index is 5.45. The maximum atomic E-state index is 5.45. The molecule has 3 N–H and O–H groups in total. The lowest BCUT2D eigenvalue weighted by atomic mass is 10.2. The van der Waals surface area contributed by atoms with Crippen molar-refractivity contribution in [3.8, 4) is 0 Å². The first-order chi connectivity index (χ1) is 3.90. The third-order valence-electron chi connectivity index (χ3n) is 2.24. The van der Waals surface area contributed by atoms with Crippen LogP contribution < -0.4 is 11.1 Å². The molecular formula is C6H12N2. The van der Waals surface area contributed by atoms with Crippen molar-refractivity contribution in [3.05, 3.63) is 0 Å². The predicted octanol–water partition coefficient (Wildman–Crippen LogP) is -0.305. The molecule has 0 bridgehead atoms. The molecule has 2 heteroatoms. The van der Waals surface area contributed by atoms with Crippen LogP contribution in [0.1, 0.15) is 12.8 Å². The zero-order valence-electron chi connectivity index (χ0n) is 4.93. The van der Waals surface area contributed by atoms with Gasteiger partial charge in [0, 0.05) is 18.6 Å². The zero-order valence-corrected chi connectivity index (χ0v) is 4.93. The van der Waals surface area contributed by atoms with Crippen molar-refractivity contribution in [1.82, 2.24) is 5.32 Å². The van der Waals surface area contributed by atoms with Crippen molar-refractivity contribution >= 4 is 0 Å². The standard InChI is InChI=1S/C6H12N2/c7-3-5-1-4-2-6(4)8-5/h4-6,8H,1-3,7H2/t4-,5+,6+/m1/s1. The zero-order chi connectivity index (χ0) is 5.56. The fourth-order valence-corrected chi connectivity index (χ4v) is 1.61. The highest BCUT2D eigenvalue weighted by Gasteiger charge is 2.44. The van der Waals surface area contributed by atoms with Crippen LogP contribution in [0.15, 0.2) is 0 Å². The molecule has 2 fully saturated rings. The second kappa shape index (κ2) is 1.45. The van der Waals surface area contributed by atoms with Gasteiger partial charge < -0.3 is 11.1 Å². The second-order valence-electron chi connectivity index (χ2n) is 2.94. The van der Waals surface area contributed by atoms with Crippen LogP contribution in [0.2, 0.25) is 0 Å². The van der Waals surface area contributed by atoms with Crippen LogP contribution in [0, 0.1) is 5.92 Å². The van der Waals surface area contributed by atoms with Gasteiger partial charge in [0.1, 0.15) is 0 Å². The van der Waals surface area contributed by atoms with Crippen LogP contribution in [0.3, 0.4) is 0 Å². The van der Waals surface area contributed by atoms with Crippen molar-refractivity contribution in [2.75, 3.05) is 6.54 Å². The number of nitrogens with two attached hydrogens (primary N) is 1. The van der Waals surface area contributed by atoms with Crippen LogP contribution in [-0.2, 0) is 0 Å². The molecule has 1 saturated carbocycles. The van der Waals surface area contributed by atoms with Crippen molar-refractivity contribution in [2.24, 2.45) is 11.7 Å². The summed E-state index contributed by atoms with van der Waals surface area (Å²) in [6.07, 6.45) is 2.75. The summed E-state index contributed by atoms with van der Waals surface area (Å²) in [5.41, 5.74) is 5.45. The minimum Gasteiger partial charge on any atom is -0.329 e. The summed E-state index contributed by atoms with van der Waals surface area (Å²) in [6.45, 7) is 0.826. The molecule has 0 aromatic heterocycles. The molecule has 46 valence electrons. The lowest BCUT2D eigenvalue weighted by molar-refractivity contribution is 0.549. The Bertz CT molecular complexity index is 92.7. The number of rotatable bonds is 1. The molecule has 0 radical (unpaired) electrons. The average molecular weight is 112 g/mol. The van der Waals surface area contributed by atoms with Gasteiger partial charge in [-0.05, 0) is 18.8 Å². The molecule has 0 amide bonds. The molecule has 1 saturated heterocycles. The van der Waals surface area contributed by atoms with E-state index in [2.05, 4.69) is 5.32 Å². The summed E-state index contributed by atoms with van der Waals surface area (Å²) < 4.78 is 0. The van der Waals surface area contributed by atoms with Crippen LogP contribution in [-0.4, -0.2) is 18.6 Å². The fourth-order valence-electron chi connectivity index (χ4n) is 1.61. The fraction of sp³-hybridized carbons (Fsp3) is 1.00. The molecule has 0 unspecified atom stereocenters. The Labute approximate surface area is 49.4 Å². The van der Waals surface area contributed by atoms with E-state index in [0.717, 1.165) is 18.5 Å². The number of fused-ring (bicyclic) bond motifs is 1. The van der Waals surface area contributed by atoms with Gasteiger partial charge in [0.25, 0.3) is 0 Å². The van der Waals surface area contributed by atoms with E-state index in [0.29, 0.717) is 6.04 Å². The van der Waals surface area contributed by atoms with Gasteiger partial charge in [-0.25, -0.2) is 0 Å². The number of hydrogen-bond donors (Lipinski definition) is 2. The van der Waals surface area contributed by atoms with E-state index < -0.39 is 0 Å². The van der Waals surface area contributed by atoms with Crippen molar-refractivity contribution in [2.45, 2.75) is 24.9 Å². The largest absolute Gasteiger partial charge is 0.329 e. The molecule has 0 aromatic carbocycles. The van der Waals surface area contributed by atoms with Gasteiger partial charge in [0.05, 0.1) is 0 Å². The number of nitrogens with one attached hydrogen (secondary N) is 1. The number of hydrogen-bond acceptors (Lipinski definition) is 2. The van der Waals surface area contributed by atoms with Gasteiger partial charge in [0.2, 0.25) is 0 Å². The van der Waals surface area contributed by atoms with Gasteiger partial charge >= 0.3 is 0 Å². The van der Waals surface area contributed by atoms with Crippen molar-refractivity contribution in [1.29, 1.82) is 0 Å². The topological polar surface area (TPSA) is 38.0 Å². The molecule has 8 heavy (non-hydrogen) atoms. The smallest absolute Gasteiger partial charge is 0.0196 e. The van der Waals surface area contributed by atoms with E-state index in [1.807, 2.05) is 0 Å². The van der Waals surface area contributed by atoms with Crippen LogP contribution in [0.5, 0.6) is 0 Å². The lowest BCUT2D eigenvalue weighted by Gasteiger charge is -2.07. The Kier molecular flexibility index (Phi) is 0.866. The van der Waals surface area contributed by atoms with E-state index in [4.69, 9.17) is 5.73 Å². The second-order valence-corrected chi connectivity index (χ2v) is 2.94. The quantitative estimate of drug-likeness (QED) is 0.488. The third kappa shape index (κ3) is 0.565. The van der Waals surface area contributed by atoms with Gasteiger partial charge in [-0.3, -0.25) is 0 Å². The summed E-state index contributed by atoms with van der Waals surface area (Å²) in [6, 6.07) is 1.52. The molecule has 0 aromatic rings. The summed E-state index contributed by atoms with van der Waals surface area (Å²) in [7, 11) is 0. The molecule has 2 aliphatic rings. The van der Waals surface area contributed by atoms with Crippen molar-refractivity contribution in [3.63, 3.8) is 0 Å². The molecular weight excluding hydrogens is 100 g/mol. The highest BCUT2D eigenvalue weighted by Crippen LogP contribution is 2.40. The predicted molar refractivity (Wildman–Crippen MR) is 32.5 cm³/mol. The Morgan fingerprint density at radius 2 is 2.38 bits per heavy atom. The molecule has 1 heterocycles. The summed E-state index contributed by atoms with van der Waals surface area (Å²) >= 11 is 0. The van der Waals surface area contributed by atoms with E-state index >= 15 is 0 Å². The van der Waals surface area contributed by atoms with Crippen LogP contribution >= 0.6 is 0 Å². The monoisotopic (exact) mass is 112 g/mol. The minimum atomic E-state index is 0.652. The van der Waals surface area contributed by atoms with E-state index in [1.165, 1.54) is 12.8 Å². The van der Waals surface area contributed by atoms with E-state index in [-0.39, 0.29) is 0 Å². The molecule has 1 aliphatic carbocycles. The lowest BCUT2D eigenvalue weighted by Crippen LogP contribution is -2.32. The van der Waals surface area contributed by atoms with Gasteiger partial charge in [0.15, 0.2) is 0 Å². The molecule has 1 aliphatic heterocycles. The maximum Gasteiger partial charge on any atom is 0.0196 e. The SMILES string of the molecule is NC[C@@H]1C[C@@H]2C[C@@H]2N1. The van der Waals surface area contributed by atoms with Crippen molar-refractivity contribution < 1.29 is 0 Å². The van der Waals surface area contributed by atoms with Gasteiger partial charge in [-0.2, -0.15) is 0 Å². The minimum absolute atomic E-state index is 0.652. The van der Waals surface area contributed by atoms with Gasteiger partial charge in [-0.1, -0.05) is 0 Å². The first kappa shape index (κ1) is 4.77. The van der Waals surface area contributed by atoms with Gasteiger partial charge in [-0.15, -0.1) is 0 Å². The molecule has 3 atom stereocenters. The Hall–Kier alpha value is -0.0800. The molecule has 2 rings (SSSR count). The molecule has 0 spiro atoms. The number of piperidine rings is 1. The van der Waals surface area contributed by atoms with Crippen LogP contribution in [0.4, 0.5) is 0 Å². The van der Waals surface area contributed by atoms with Crippen LogP contribution in [0.25, 0.3) is 0 Å². The first-order valence-electron chi connectivity index (χ1n) is 3.36. The molecule has 2 nitrogen and oxygen atoms in total. The Morgan fingerprint density at radius 1 is 1.50 bits per heavy atom. The average Bonchev–Trinajstić information content (AvgIpc) is 2.40. The third-order valence-corrected chi connectivity index (χ3v) is 2.24. The summed E-state index contributed by atoms with van der Waals surface area (Å²) in [5.74, 6) is 1.00.